The quantitative estimate of drug-likeness (QED) is 0.897. The average Bonchev–Trinajstić information content (AvgIpc) is 2.93. The van der Waals surface area contributed by atoms with E-state index >= 15 is 0 Å². The summed E-state index contributed by atoms with van der Waals surface area (Å²) in [5.41, 5.74) is 1.02. The average molecular weight is 275 g/mol. The van der Waals surface area contributed by atoms with Crippen LogP contribution in [0.3, 0.4) is 0 Å². The Morgan fingerprint density at radius 1 is 1.35 bits per heavy atom. The lowest BCUT2D eigenvalue weighted by Gasteiger charge is -2.26. The number of carbonyl (C=O) groups excluding carboxylic acids is 1. The van der Waals surface area contributed by atoms with Crippen molar-refractivity contribution in [2.45, 2.75) is 40.0 Å². The second-order valence-electron chi connectivity index (χ2n) is 5.65. The summed E-state index contributed by atoms with van der Waals surface area (Å²) in [6, 6.07) is 3.74. The van der Waals surface area contributed by atoms with Crippen LogP contribution in [-0.2, 0) is 0 Å². The van der Waals surface area contributed by atoms with Crippen molar-refractivity contribution in [3.8, 4) is 0 Å². The molecule has 1 amide bonds. The molecule has 1 aromatic rings. The zero-order chi connectivity index (χ0) is 14.6. The van der Waals surface area contributed by atoms with Crippen LogP contribution >= 0.6 is 0 Å². The summed E-state index contributed by atoms with van der Waals surface area (Å²) in [6.45, 7) is 9.07. The standard InChI is InChI=1S/C16H25N3O/c1-4-16(5-2)9-10-19(12-16)15(20)13-7-8-14(17-6-3)18-11-13/h7-8,11H,4-6,9-10,12H2,1-3H3,(H,17,18). The van der Waals surface area contributed by atoms with Crippen LogP contribution in [0.5, 0.6) is 0 Å². The second kappa shape index (κ2) is 6.25. The van der Waals surface area contributed by atoms with Gasteiger partial charge in [-0.15, -0.1) is 0 Å². The lowest BCUT2D eigenvalue weighted by Crippen LogP contribution is -2.31. The van der Waals surface area contributed by atoms with Crippen molar-refractivity contribution < 1.29 is 4.79 Å². The van der Waals surface area contributed by atoms with Gasteiger partial charge in [-0.2, -0.15) is 0 Å². The highest BCUT2D eigenvalue weighted by Crippen LogP contribution is 2.37. The van der Waals surface area contributed by atoms with Gasteiger partial charge in [-0.1, -0.05) is 13.8 Å². The fourth-order valence-electron chi connectivity index (χ4n) is 2.92. The lowest BCUT2D eigenvalue weighted by molar-refractivity contribution is 0.0769. The summed E-state index contributed by atoms with van der Waals surface area (Å²) in [5, 5.41) is 3.14. The topological polar surface area (TPSA) is 45.2 Å². The van der Waals surface area contributed by atoms with E-state index in [0.29, 0.717) is 11.0 Å². The molecule has 1 aromatic heterocycles. The maximum Gasteiger partial charge on any atom is 0.255 e. The number of hydrogen-bond acceptors (Lipinski definition) is 3. The molecule has 0 aliphatic carbocycles. The molecule has 1 aliphatic heterocycles. The van der Waals surface area contributed by atoms with E-state index in [1.807, 2.05) is 24.0 Å². The molecule has 1 fully saturated rings. The van der Waals surface area contributed by atoms with Gasteiger partial charge in [0.25, 0.3) is 5.91 Å². The highest BCUT2D eigenvalue weighted by molar-refractivity contribution is 5.94. The first-order valence-corrected chi connectivity index (χ1v) is 7.63. The van der Waals surface area contributed by atoms with Gasteiger partial charge in [0.05, 0.1) is 5.56 Å². The Bertz CT molecular complexity index is 451. The number of pyridine rings is 1. The molecule has 20 heavy (non-hydrogen) atoms. The van der Waals surface area contributed by atoms with Crippen molar-refractivity contribution in [1.29, 1.82) is 0 Å². The van der Waals surface area contributed by atoms with Crippen LogP contribution in [0, 0.1) is 5.41 Å². The summed E-state index contributed by atoms with van der Waals surface area (Å²) in [4.78, 5) is 18.8. The van der Waals surface area contributed by atoms with Crippen molar-refractivity contribution in [2.75, 3.05) is 25.0 Å². The molecular formula is C16H25N3O. The van der Waals surface area contributed by atoms with Crippen LogP contribution in [0.25, 0.3) is 0 Å². The summed E-state index contributed by atoms with van der Waals surface area (Å²) < 4.78 is 0. The van der Waals surface area contributed by atoms with Gasteiger partial charge in [-0.05, 0) is 43.7 Å². The fraction of sp³-hybridized carbons (Fsp3) is 0.625. The Morgan fingerprint density at radius 3 is 2.60 bits per heavy atom. The second-order valence-corrected chi connectivity index (χ2v) is 5.65. The smallest absolute Gasteiger partial charge is 0.255 e. The largest absolute Gasteiger partial charge is 0.370 e. The Labute approximate surface area is 121 Å². The van der Waals surface area contributed by atoms with E-state index in [1.54, 1.807) is 6.20 Å². The van der Waals surface area contributed by atoms with Crippen molar-refractivity contribution in [2.24, 2.45) is 5.41 Å². The van der Waals surface area contributed by atoms with Gasteiger partial charge in [0, 0.05) is 25.8 Å². The Hall–Kier alpha value is -1.58. The van der Waals surface area contributed by atoms with Crippen LogP contribution in [0.1, 0.15) is 50.4 Å². The number of nitrogens with zero attached hydrogens (tertiary/aromatic N) is 2. The molecule has 110 valence electrons. The molecule has 1 saturated heterocycles. The minimum absolute atomic E-state index is 0.115. The van der Waals surface area contributed by atoms with E-state index in [0.717, 1.165) is 44.7 Å². The molecule has 0 aromatic carbocycles. The summed E-state index contributed by atoms with van der Waals surface area (Å²) in [5.74, 6) is 0.936. The summed E-state index contributed by atoms with van der Waals surface area (Å²) >= 11 is 0. The molecule has 0 bridgehead atoms. The minimum Gasteiger partial charge on any atom is -0.370 e. The van der Waals surface area contributed by atoms with Crippen LogP contribution in [-0.4, -0.2) is 35.4 Å². The molecular weight excluding hydrogens is 250 g/mol. The monoisotopic (exact) mass is 275 g/mol. The Balaban J connectivity index is 2.05. The maximum absolute atomic E-state index is 12.5. The molecule has 0 atom stereocenters. The third kappa shape index (κ3) is 2.94. The van der Waals surface area contributed by atoms with Gasteiger partial charge in [0.1, 0.15) is 5.82 Å². The molecule has 0 spiro atoms. The first-order valence-electron chi connectivity index (χ1n) is 7.63. The summed E-state index contributed by atoms with van der Waals surface area (Å²) in [7, 11) is 0. The zero-order valence-corrected chi connectivity index (χ0v) is 12.8. The zero-order valence-electron chi connectivity index (χ0n) is 12.8. The van der Waals surface area contributed by atoms with Crippen LogP contribution < -0.4 is 5.32 Å². The number of aromatic nitrogens is 1. The van der Waals surface area contributed by atoms with Crippen molar-refractivity contribution in [3.63, 3.8) is 0 Å². The first-order chi connectivity index (χ1) is 9.64. The van der Waals surface area contributed by atoms with Gasteiger partial charge in [-0.25, -0.2) is 4.98 Å². The van der Waals surface area contributed by atoms with E-state index in [4.69, 9.17) is 0 Å². The third-order valence-electron chi connectivity index (χ3n) is 4.59. The van der Waals surface area contributed by atoms with Crippen LogP contribution in [0.2, 0.25) is 0 Å². The molecule has 4 heteroatoms. The predicted molar refractivity (Wildman–Crippen MR) is 81.9 cm³/mol. The highest BCUT2D eigenvalue weighted by Gasteiger charge is 2.37. The molecule has 4 nitrogen and oxygen atoms in total. The molecule has 0 radical (unpaired) electrons. The van der Waals surface area contributed by atoms with Gasteiger partial charge in [0.15, 0.2) is 0 Å². The first kappa shape index (κ1) is 14.8. The van der Waals surface area contributed by atoms with E-state index in [-0.39, 0.29) is 5.91 Å². The van der Waals surface area contributed by atoms with E-state index in [2.05, 4.69) is 24.1 Å². The van der Waals surface area contributed by atoms with Gasteiger partial charge in [0.2, 0.25) is 0 Å². The van der Waals surface area contributed by atoms with Crippen molar-refractivity contribution in [3.05, 3.63) is 23.9 Å². The number of amides is 1. The van der Waals surface area contributed by atoms with Crippen LogP contribution in [0.15, 0.2) is 18.3 Å². The Kier molecular flexibility index (Phi) is 4.63. The van der Waals surface area contributed by atoms with Gasteiger partial charge in [-0.3, -0.25) is 4.79 Å². The normalized spacial score (nSPS) is 17.2. The SMILES string of the molecule is CCNc1ccc(C(=O)N2CCC(CC)(CC)C2)cn1. The van der Waals surface area contributed by atoms with Crippen LogP contribution in [0.4, 0.5) is 5.82 Å². The third-order valence-corrected chi connectivity index (χ3v) is 4.59. The number of anilines is 1. The number of nitrogens with one attached hydrogen (secondary N) is 1. The van der Waals surface area contributed by atoms with E-state index in [9.17, 15) is 4.79 Å². The summed E-state index contributed by atoms with van der Waals surface area (Å²) in [6.07, 6.45) is 5.09. The van der Waals surface area contributed by atoms with Gasteiger partial charge < -0.3 is 10.2 Å². The maximum atomic E-state index is 12.5. The molecule has 0 unspecified atom stereocenters. The highest BCUT2D eigenvalue weighted by atomic mass is 16.2. The number of likely N-dealkylation sites (tertiary alicyclic amines) is 1. The van der Waals surface area contributed by atoms with Crippen molar-refractivity contribution in [1.82, 2.24) is 9.88 Å². The molecule has 1 N–H and O–H groups in total. The fourth-order valence-corrected chi connectivity index (χ4v) is 2.92. The van der Waals surface area contributed by atoms with Crippen molar-refractivity contribution >= 4 is 11.7 Å². The van der Waals surface area contributed by atoms with Gasteiger partial charge >= 0.3 is 0 Å². The molecule has 2 rings (SSSR count). The van der Waals surface area contributed by atoms with E-state index in [1.165, 1.54) is 0 Å². The number of carbonyl (C=O) groups is 1. The number of hydrogen-bond donors (Lipinski definition) is 1. The van der Waals surface area contributed by atoms with E-state index < -0.39 is 0 Å². The number of rotatable bonds is 5. The Morgan fingerprint density at radius 2 is 2.10 bits per heavy atom. The predicted octanol–water partition coefficient (Wildman–Crippen LogP) is 3.17. The molecule has 2 heterocycles. The lowest BCUT2D eigenvalue weighted by atomic mass is 9.82. The molecule has 0 saturated carbocycles. The minimum atomic E-state index is 0.115. The molecule has 1 aliphatic rings.